The molecule has 4 rings (SSSR count). The van der Waals surface area contributed by atoms with E-state index < -0.39 is 0 Å². The Bertz CT molecular complexity index is 997. The van der Waals surface area contributed by atoms with Gasteiger partial charge in [-0.1, -0.05) is 30.3 Å². The molecule has 1 fully saturated rings. The molecule has 0 spiro atoms. The summed E-state index contributed by atoms with van der Waals surface area (Å²) in [4.78, 5) is 25.1. The molecule has 3 aromatic rings. The summed E-state index contributed by atoms with van der Waals surface area (Å²) in [6.07, 6.45) is 4.99. The van der Waals surface area contributed by atoms with Gasteiger partial charge in [-0.3, -0.25) is 4.79 Å². The molecule has 0 saturated carbocycles. The van der Waals surface area contributed by atoms with Gasteiger partial charge in [-0.15, -0.1) is 0 Å². The number of rotatable bonds is 4. The van der Waals surface area contributed by atoms with Crippen LogP contribution in [-0.4, -0.2) is 47.0 Å². The maximum absolute atomic E-state index is 13.1. The second kappa shape index (κ2) is 8.65. The van der Waals surface area contributed by atoms with Crippen LogP contribution in [0.3, 0.4) is 0 Å². The van der Waals surface area contributed by atoms with Crippen molar-refractivity contribution in [2.75, 3.05) is 31.1 Å². The molecular formula is C23H21FN4O. The van der Waals surface area contributed by atoms with E-state index >= 15 is 0 Å². The Hall–Kier alpha value is -3.54. The summed E-state index contributed by atoms with van der Waals surface area (Å²) < 4.78 is 13.1. The van der Waals surface area contributed by atoms with Gasteiger partial charge in [0.05, 0.1) is 5.69 Å². The minimum Gasteiger partial charge on any atom is -0.353 e. The van der Waals surface area contributed by atoms with Crippen LogP contribution in [0, 0.1) is 5.82 Å². The van der Waals surface area contributed by atoms with Gasteiger partial charge >= 0.3 is 0 Å². The summed E-state index contributed by atoms with van der Waals surface area (Å²) in [5.41, 5.74) is 2.60. The molecule has 2 aromatic carbocycles. The topological polar surface area (TPSA) is 49.3 Å². The molecule has 0 N–H and O–H groups in total. The summed E-state index contributed by atoms with van der Waals surface area (Å²) >= 11 is 0. The molecule has 0 atom stereocenters. The number of carbonyl (C=O) groups excluding carboxylic acids is 1. The predicted octanol–water partition coefficient (Wildman–Crippen LogP) is 3.64. The van der Waals surface area contributed by atoms with Gasteiger partial charge in [0.15, 0.2) is 0 Å². The summed E-state index contributed by atoms with van der Waals surface area (Å²) in [5, 5.41) is 0. The number of benzene rings is 2. The molecule has 2 heterocycles. The highest BCUT2D eigenvalue weighted by molar-refractivity contribution is 5.92. The fourth-order valence-corrected chi connectivity index (χ4v) is 3.29. The van der Waals surface area contributed by atoms with Gasteiger partial charge < -0.3 is 9.80 Å². The van der Waals surface area contributed by atoms with E-state index in [9.17, 15) is 9.18 Å². The van der Waals surface area contributed by atoms with Crippen LogP contribution in [0.1, 0.15) is 5.56 Å². The van der Waals surface area contributed by atoms with Crippen LogP contribution in [0.15, 0.2) is 73.1 Å². The van der Waals surface area contributed by atoms with Gasteiger partial charge in [-0.2, -0.15) is 0 Å². The quantitative estimate of drug-likeness (QED) is 0.641. The minimum absolute atomic E-state index is 0.0168. The van der Waals surface area contributed by atoms with Gasteiger partial charge in [0.25, 0.3) is 0 Å². The lowest BCUT2D eigenvalue weighted by molar-refractivity contribution is -0.126. The molecule has 1 aliphatic rings. The highest BCUT2D eigenvalue weighted by Gasteiger charge is 2.21. The number of aromatic nitrogens is 2. The van der Waals surface area contributed by atoms with Crippen molar-refractivity contribution < 1.29 is 9.18 Å². The number of carbonyl (C=O) groups is 1. The van der Waals surface area contributed by atoms with Gasteiger partial charge in [0.1, 0.15) is 18.0 Å². The van der Waals surface area contributed by atoms with Crippen LogP contribution in [0.5, 0.6) is 0 Å². The van der Waals surface area contributed by atoms with Crippen LogP contribution >= 0.6 is 0 Å². The fraction of sp³-hybridized carbons (Fsp3) is 0.174. The lowest BCUT2D eigenvalue weighted by Crippen LogP contribution is -2.48. The Balaban J connectivity index is 1.38. The molecule has 0 radical (unpaired) electrons. The first kappa shape index (κ1) is 18.8. The highest BCUT2D eigenvalue weighted by atomic mass is 19.1. The SMILES string of the molecule is O=C(/C=C\c1ccccc1)N1CCN(c2cc(-c3ccc(F)cc3)ncn2)CC1. The maximum atomic E-state index is 13.1. The predicted molar refractivity (Wildman–Crippen MR) is 112 cm³/mol. The summed E-state index contributed by atoms with van der Waals surface area (Å²) in [6, 6.07) is 17.9. The second-order valence-electron chi connectivity index (χ2n) is 6.82. The third-order valence-corrected chi connectivity index (χ3v) is 4.93. The smallest absolute Gasteiger partial charge is 0.246 e. The van der Waals surface area contributed by atoms with Crippen LogP contribution in [0.4, 0.5) is 10.2 Å². The second-order valence-corrected chi connectivity index (χ2v) is 6.82. The van der Waals surface area contributed by atoms with E-state index in [1.165, 1.54) is 18.5 Å². The lowest BCUT2D eigenvalue weighted by atomic mass is 10.1. The molecule has 29 heavy (non-hydrogen) atoms. The van der Waals surface area contributed by atoms with E-state index in [4.69, 9.17) is 0 Å². The Kier molecular flexibility index (Phi) is 5.61. The summed E-state index contributed by atoms with van der Waals surface area (Å²) in [7, 11) is 0. The molecule has 6 heteroatoms. The van der Waals surface area contributed by atoms with Crippen molar-refractivity contribution in [1.82, 2.24) is 14.9 Å². The average molecular weight is 388 g/mol. The van der Waals surface area contributed by atoms with Crippen molar-refractivity contribution in [3.63, 3.8) is 0 Å². The Morgan fingerprint density at radius 1 is 0.931 bits per heavy atom. The van der Waals surface area contributed by atoms with E-state index in [2.05, 4.69) is 14.9 Å². The van der Waals surface area contributed by atoms with Gasteiger partial charge in [-0.25, -0.2) is 14.4 Å². The van der Waals surface area contributed by atoms with Crippen molar-refractivity contribution in [3.8, 4) is 11.3 Å². The van der Waals surface area contributed by atoms with Crippen LogP contribution < -0.4 is 4.90 Å². The van der Waals surface area contributed by atoms with Crippen molar-refractivity contribution >= 4 is 17.8 Å². The van der Waals surface area contributed by atoms with E-state index in [1.807, 2.05) is 47.4 Å². The van der Waals surface area contributed by atoms with Crippen molar-refractivity contribution in [3.05, 3.63) is 84.4 Å². The van der Waals surface area contributed by atoms with E-state index in [-0.39, 0.29) is 11.7 Å². The van der Waals surface area contributed by atoms with Crippen molar-refractivity contribution in [2.45, 2.75) is 0 Å². The Morgan fingerprint density at radius 3 is 2.38 bits per heavy atom. The standard InChI is InChI=1S/C23H21FN4O/c24-20-9-7-19(8-10-20)21-16-22(26-17-25-21)27-12-14-28(15-13-27)23(29)11-6-18-4-2-1-3-5-18/h1-11,16-17H,12-15H2/b11-6-. The van der Waals surface area contributed by atoms with Crippen LogP contribution in [0.2, 0.25) is 0 Å². The van der Waals surface area contributed by atoms with Gasteiger partial charge in [-0.05, 0) is 35.9 Å². The van der Waals surface area contributed by atoms with Gasteiger partial charge in [0.2, 0.25) is 5.91 Å². The summed E-state index contributed by atoms with van der Waals surface area (Å²) in [6.45, 7) is 2.66. The third kappa shape index (κ3) is 4.66. The first-order chi connectivity index (χ1) is 14.2. The number of nitrogens with zero attached hydrogens (tertiary/aromatic N) is 4. The highest BCUT2D eigenvalue weighted by Crippen LogP contribution is 2.22. The lowest BCUT2D eigenvalue weighted by Gasteiger charge is -2.35. The number of piperazine rings is 1. The monoisotopic (exact) mass is 388 g/mol. The minimum atomic E-state index is -0.273. The molecule has 146 valence electrons. The van der Waals surface area contributed by atoms with Crippen molar-refractivity contribution in [2.24, 2.45) is 0 Å². The summed E-state index contributed by atoms with van der Waals surface area (Å²) in [5.74, 6) is 0.555. The first-order valence-corrected chi connectivity index (χ1v) is 9.54. The maximum Gasteiger partial charge on any atom is 0.246 e. The molecule has 1 aliphatic heterocycles. The third-order valence-electron chi connectivity index (χ3n) is 4.93. The molecule has 1 aromatic heterocycles. The zero-order valence-corrected chi connectivity index (χ0v) is 15.9. The zero-order chi connectivity index (χ0) is 20.1. The number of hydrogen-bond donors (Lipinski definition) is 0. The van der Waals surface area contributed by atoms with Crippen molar-refractivity contribution in [1.29, 1.82) is 0 Å². The van der Waals surface area contributed by atoms with E-state index in [1.54, 1.807) is 18.2 Å². The Labute approximate surface area is 169 Å². The Morgan fingerprint density at radius 2 is 1.66 bits per heavy atom. The van der Waals surface area contributed by atoms with Crippen LogP contribution in [-0.2, 0) is 4.79 Å². The van der Waals surface area contributed by atoms with E-state index in [0.29, 0.717) is 26.2 Å². The number of amides is 1. The van der Waals surface area contributed by atoms with E-state index in [0.717, 1.165) is 22.6 Å². The molecule has 0 bridgehead atoms. The van der Waals surface area contributed by atoms with Gasteiger partial charge in [0, 0.05) is 43.9 Å². The molecule has 1 saturated heterocycles. The fourth-order valence-electron chi connectivity index (χ4n) is 3.29. The molecule has 0 unspecified atom stereocenters. The average Bonchev–Trinajstić information content (AvgIpc) is 2.79. The largest absolute Gasteiger partial charge is 0.353 e. The number of anilines is 1. The van der Waals surface area contributed by atoms with Crippen LogP contribution in [0.25, 0.3) is 17.3 Å². The number of hydrogen-bond acceptors (Lipinski definition) is 4. The molecule has 0 aliphatic carbocycles. The normalized spacial score (nSPS) is 14.4. The number of halogens is 1. The molecule has 1 amide bonds. The zero-order valence-electron chi connectivity index (χ0n) is 15.9. The first-order valence-electron chi connectivity index (χ1n) is 9.54. The molecular weight excluding hydrogens is 367 g/mol. The molecule has 5 nitrogen and oxygen atoms in total.